The highest BCUT2D eigenvalue weighted by Gasteiger charge is 2.23. The first-order valence-corrected chi connectivity index (χ1v) is 13.4. The van der Waals surface area contributed by atoms with Crippen LogP contribution in [-0.4, -0.2) is 42.6 Å². The number of benzene rings is 2. The Bertz CT molecular complexity index is 1450. The summed E-state index contributed by atoms with van der Waals surface area (Å²) in [6.07, 6.45) is 4.05. The Kier molecular flexibility index (Phi) is 10.2. The third-order valence-electron chi connectivity index (χ3n) is 6.69. The summed E-state index contributed by atoms with van der Waals surface area (Å²) < 4.78 is 18.2. The number of hydrogen-bond donors (Lipinski definition) is 4. The molecule has 0 saturated carbocycles. The number of ether oxygens (including phenoxy) is 2. The summed E-state index contributed by atoms with van der Waals surface area (Å²) in [5.74, 6) is 0.896. The number of hydrogen-bond acceptors (Lipinski definition) is 8. The lowest BCUT2D eigenvalue weighted by atomic mass is 9.96. The molecule has 0 amide bonds. The van der Waals surface area contributed by atoms with Gasteiger partial charge in [-0.15, -0.1) is 0 Å². The highest BCUT2D eigenvalue weighted by molar-refractivity contribution is 5.97. The molecule has 3 rings (SSSR count). The van der Waals surface area contributed by atoms with E-state index in [1.807, 2.05) is 53.7 Å². The minimum absolute atomic E-state index is 0.00850. The van der Waals surface area contributed by atoms with E-state index in [2.05, 4.69) is 0 Å². The van der Waals surface area contributed by atoms with Gasteiger partial charge in [0, 0.05) is 30.2 Å². The summed E-state index contributed by atoms with van der Waals surface area (Å²) in [4.78, 5) is 14.1. The summed E-state index contributed by atoms with van der Waals surface area (Å²) in [6, 6.07) is 3.33. The average molecular weight is 539 g/mol. The molecule has 2 unspecified atom stereocenters. The van der Waals surface area contributed by atoms with Crippen molar-refractivity contribution in [3.63, 3.8) is 0 Å². The highest BCUT2D eigenvalue weighted by Crippen LogP contribution is 2.39. The van der Waals surface area contributed by atoms with Gasteiger partial charge in [-0.2, -0.15) is 0 Å². The molecule has 3 aromatic rings. The first kappa shape index (κ1) is 30.2. The van der Waals surface area contributed by atoms with Crippen LogP contribution in [0.2, 0.25) is 0 Å². The van der Waals surface area contributed by atoms with Crippen molar-refractivity contribution in [3.8, 4) is 17.2 Å². The van der Waals surface area contributed by atoms with Crippen LogP contribution in [0.4, 0.5) is 0 Å². The van der Waals surface area contributed by atoms with E-state index in [0.29, 0.717) is 54.0 Å². The SMILES string of the molecule is CC(C)=CCc1c(OCC(C)CN)cc2oc3cc(OCC(O)CN)c(C)c(CC=C(C)C)c3c(=O)c2c1O. The molecule has 8 heteroatoms. The van der Waals surface area contributed by atoms with E-state index in [1.54, 1.807) is 12.1 Å². The van der Waals surface area contributed by atoms with Gasteiger partial charge in [-0.1, -0.05) is 30.2 Å². The Morgan fingerprint density at radius 3 is 2.08 bits per heavy atom. The largest absolute Gasteiger partial charge is 0.507 e. The average Bonchev–Trinajstić information content (AvgIpc) is 2.89. The fraction of sp³-hybridized carbons (Fsp3) is 0.452. The predicted molar refractivity (Wildman–Crippen MR) is 157 cm³/mol. The van der Waals surface area contributed by atoms with Gasteiger partial charge in [0.1, 0.15) is 46.5 Å². The van der Waals surface area contributed by atoms with Gasteiger partial charge in [0.25, 0.3) is 0 Å². The molecule has 6 N–H and O–H groups in total. The molecule has 0 fully saturated rings. The number of fused-ring (bicyclic) bond motifs is 2. The van der Waals surface area contributed by atoms with Gasteiger partial charge in [0.15, 0.2) is 0 Å². The van der Waals surface area contributed by atoms with E-state index in [-0.39, 0.29) is 41.2 Å². The minimum Gasteiger partial charge on any atom is -0.507 e. The van der Waals surface area contributed by atoms with E-state index in [0.717, 1.165) is 22.3 Å². The number of aromatic hydroxyl groups is 1. The molecule has 2 atom stereocenters. The number of phenols is 1. The van der Waals surface area contributed by atoms with Gasteiger partial charge >= 0.3 is 0 Å². The summed E-state index contributed by atoms with van der Waals surface area (Å²) >= 11 is 0. The lowest BCUT2D eigenvalue weighted by Crippen LogP contribution is -2.26. The monoisotopic (exact) mass is 538 g/mol. The summed E-state index contributed by atoms with van der Waals surface area (Å²) in [5, 5.41) is 21.9. The van der Waals surface area contributed by atoms with E-state index < -0.39 is 6.10 Å². The van der Waals surface area contributed by atoms with Crippen molar-refractivity contribution in [2.45, 2.75) is 60.5 Å². The number of nitrogens with two attached hydrogens (primary N) is 2. The van der Waals surface area contributed by atoms with Crippen LogP contribution in [0.15, 0.2) is 44.6 Å². The maximum absolute atomic E-state index is 14.1. The zero-order valence-corrected chi connectivity index (χ0v) is 23.9. The molecule has 0 aliphatic rings. The molecular formula is C31H42N2O6. The molecule has 0 saturated heterocycles. The second kappa shape index (κ2) is 13.2. The van der Waals surface area contributed by atoms with E-state index in [9.17, 15) is 15.0 Å². The van der Waals surface area contributed by atoms with E-state index >= 15 is 0 Å². The number of phenolic OH excluding ortho intramolecular Hbond substituents is 1. The maximum Gasteiger partial charge on any atom is 0.204 e. The summed E-state index contributed by atoms with van der Waals surface area (Å²) in [5.41, 5.74) is 15.7. The van der Waals surface area contributed by atoms with Crippen molar-refractivity contribution in [3.05, 3.63) is 62.3 Å². The lowest BCUT2D eigenvalue weighted by molar-refractivity contribution is 0.114. The van der Waals surface area contributed by atoms with Crippen LogP contribution in [0.3, 0.4) is 0 Å². The number of aliphatic hydroxyl groups is 1. The highest BCUT2D eigenvalue weighted by atomic mass is 16.5. The Balaban J connectivity index is 2.35. The Morgan fingerprint density at radius 2 is 1.49 bits per heavy atom. The fourth-order valence-corrected chi connectivity index (χ4v) is 4.22. The van der Waals surface area contributed by atoms with Gasteiger partial charge in [-0.05, 0) is 65.1 Å². The van der Waals surface area contributed by atoms with Crippen molar-refractivity contribution in [1.29, 1.82) is 0 Å². The molecule has 0 aliphatic heterocycles. The normalized spacial score (nSPS) is 12.8. The van der Waals surface area contributed by atoms with Gasteiger partial charge in [-0.25, -0.2) is 0 Å². The fourth-order valence-electron chi connectivity index (χ4n) is 4.22. The zero-order chi connectivity index (χ0) is 28.9. The quantitative estimate of drug-likeness (QED) is 0.193. The molecular weight excluding hydrogens is 496 g/mol. The molecule has 8 nitrogen and oxygen atoms in total. The second-order valence-electron chi connectivity index (χ2n) is 10.7. The van der Waals surface area contributed by atoms with Crippen molar-refractivity contribution < 1.29 is 24.1 Å². The molecule has 39 heavy (non-hydrogen) atoms. The molecule has 1 heterocycles. The third kappa shape index (κ3) is 7.01. The van der Waals surface area contributed by atoms with Crippen LogP contribution in [0, 0.1) is 12.8 Å². The second-order valence-corrected chi connectivity index (χ2v) is 10.7. The minimum atomic E-state index is -0.822. The molecule has 0 aliphatic carbocycles. The number of allylic oxidation sites excluding steroid dienone is 4. The molecule has 0 radical (unpaired) electrons. The predicted octanol–water partition coefficient (Wildman–Crippen LogP) is 4.65. The first-order chi connectivity index (χ1) is 18.5. The zero-order valence-electron chi connectivity index (χ0n) is 23.9. The van der Waals surface area contributed by atoms with Gasteiger partial charge in [0.2, 0.25) is 5.43 Å². The topological polar surface area (TPSA) is 141 Å². The maximum atomic E-state index is 14.1. The van der Waals surface area contributed by atoms with Crippen LogP contribution in [0.1, 0.15) is 51.3 Å². The van der Waals surface area contributed by atoms with Crippen LogP contribution < -0.4 is 26.4 Å². The Hall–Kier alpha value is -3.33. The molecule has 2 aromatic carbocycles. The van der Waals surface area contributed by atoms with E-state index in [4.69, 9.17) is 25.4 Å². The van der Waals surface area contributed by atoms with Crippen molar-refractivity contribution in [2.24, 2.45) is 17.4 Å². The third-order valence-corrected chi connectivity index (χ3v) is 6.69. The molecule has 0 bridgehead atoms. The molecule has 212 valence electrons. The van der Waals surface area contributed by atoms with Crippen LogP contribution in [-0.2, 0) is 12.8 Å². The van der Waals surface area contributed by atoms with Gasteiger partial charge < -0.3 is 35.6 Å². The van der Waals surface area contributed by atoms with Crippen molar-refractivity contribution in [1.82, 2.24) is 0 Å². The van der Waals surface area contributed by atoms with Crippen LogP contribution in [0.5, 0.6) is 17.2 Å². The Labute approximate surface area is 229 Å². The van der Waals surface area contributed by atoms with E-state index in [1.165, 1.54) is 0 Å². The lowest BCUT2D eigenvalue weighted by Gasteiger charge is -2.18. The Morgan fingerprint density at radius 1 is 0.923 bits per heavy atom. The van der Waals surface area contributed by atoms with Crippen LogP contribution in [0.25, 0.3) is 21.9 Å². The number of aliphatic hydroxyl groups excluding tert-OH is 1. The van der Waals surface area contributed by atoms with Gasteiger partial charge in [-0.3, -0.25) is 4.79 Å². The van der Waals surface area contributed by atoms with Gasteiger partial charge in [0.05, 0.1) is 12.0 Å². The first-order valence-electron chi connectivity index (χ1n) is 13.4. The molecule has 1 aromatic heterocycles. The summed E-state index contributed by atoms with van der Waals surface area (Å²) in [7, 11) is 0. The van der Waals surface area contributed by atoms with Crippen molar-refractivity contribution >= 4 is 21.9 Å². The standard InChI is InChI=1S/C31H42N2O6/c1-17(2)7-9-22-20(6)24(38-16-21(34)14-33)11-26-28(22)31(36)29-27(39-26)12-25(37-15-19(5)13-32)23(30(29)35)10-8-18(3)4/h7-8,11-12,19,21,34-35H,9-10,13-16,32-33H2,1-6H3. The van der Waals surface area contributed by atoms with Crippen molar-refractivity contribution in [2.75, 3.05) is 26.3 Å². The number of rotatable bonds is 12. The van der Waals surface area contributed by atoms with Crippen LogP contribution >= 0.6 is 0 Å². The summed E-state index contributed by atoms with van der Waals surface area (Å²) in [6.45, 7) is 12.7. The molecule has 0 spiro atoms. The smallest absolute Gasteiger partial charge is 0.204 e.